The minimum atomic E-state index is 0.0236. The number of hydrogen-bond acceptors (Lipinski definition) is 2. The van der Waals surface area contributed by atoms with Gasteiger partial charge in [0.1, 0.15) is 0 Å². The highest BCUT2D eigenvalue weighted by Crippen LogP contribution is 2.61. The van der Waals surface area contributed by atoms with Crippen molar-refractivity contribution in [1.82, 2.24) is 0 Å². The zero-order valence-electron chi connectivity index (χ0n) is 39.8. The monoisotopic (exact) mass is 814 g/mol. The standard InChI is InChI=1S/C57H72BNS/c1-34-35-16-15-17-38-39-29-44-45(57(14)25-24-56(44,13)33-57)32-49(39)60-50(38)58-46-30-42-43(55(11,12)23-22-54(42,9)10)31-48(46)59(47(34)27-36(26-35)51(2,3)4)37-18-19-40-41(28-37)53(7,8)21-20-52(40,5)6/h18-19,26-32,58H,15-17,20-25,33H2,1-14H3/t56?,57-/m1/s1. The van der Waals surface area contributed by atoms with E-state index in [9.17, 15) is 0 Å². The Hall–Kier alpha value is -3.30. The van der Waals surface area contributed by atoms with Gasteiger partial charge in [0.2, 0.25) is 7.28 Å². The van der Waals surface area contributed by atoms with Crippen LogP contribution in [0.5, 0.6) is 0 Å². The van der Waals surface area contributed by atoms with Crippen molar-refractivity contribution in [1.29, 1.82) is 0 Å². The van der Waals surface area contributed by atoms with Gasteiger partial charge in [-0.1, -0.05) is 114 Å². The summed E-state index contributed by atoms with van der Waals surface area (Å²) in [6.45, 7) is 34.8. The van der Waals surface area contributed by atoms with Crippen molar-refractivity contribution in [2.75, 3.05) is 4.90 Å². The second-order valence-electron chi connectivity index (χ2n) is 24.9. The number of thiophene rings is 1. The minimum absolute atomic E-state index is 0.0236. The second kappa shape index (κ2) is 12.9. The molecule has 0 saturated heterocycles. The lowest BCUT2D eigenvalue weighted by atomic mass is 9.59. The van der Waals surface area contributed by atoms with Gasteiger partial charge in [-0.3, -0.25) is 0 Å². The van der Waals surface area contributed by atoms with Crippen molar-refractivity contribution in [2.24, 2.45) is 0 Å². The van der Waals surface area contributed by atoms with E-state index in [2.05, 4.69) is 168 Å². The average molecular weight is 814 g/mol. The second-order valence-corrected chi connectivity index (χ2v) is 26.0. The van der Waals surface area contributed by atoms with Crippen LogP contribution in [0.1, 0.15) is 197 Å². The van der Waals surface area contributed by atoms with Crippen LogP contribution in [0.15, 0.2) is 54.6 Å². The van der Waals surface area contributed by atoms with Gasteiger partial charge in [0, 0.05) is 21.8 Å². The Kier molecular flexibility index (Phi) is 8.76. The molecule has 0 spiro atoms. The Bertz CT molecular complexity index is 2620. The summed E-state index contributed by atoms with van der Waals surface area (Å²) in [7, 11) is 0.970. The summed E-state index contributed by atoms with van der Waals surface area (Å²) in [5.74, 6) is 0. The van der Waals surface area contributed by atoms with Crippen LogP contribution in [0.2, 0.25) is 0 Å². The van der Waals surface area contributed by atoms with Gasteiger partial charge in [0.25, 0.3) is 0 Å². The predicted molar refractivity (Wildman–Crippen MR) is 264 cm³/mol. The third-order valence-corrected chi connectivity index (χ3v) is 18.7. The van der Waals surface area contributed by atoms with Crippen molar-refractivity contribution in [3.05, 3.63) is 110 Å². The first-order valence-electron chi connectivity index (χ1n) is 23.8. The highest BCUT2D eigenvalue weighted by Gasteiger charge is 2.53. The van der Waals surface area contributed by atoms with Crippen LogP contribution < -0.4 is 15.1 Å². The van der Waals surface area contributed by atoms with Gasteiger partial charge in [-0.2, -0.15) is 0 Å². The maximum absolute atomic E-state index is 2.77. The molecular weight excluding hydrogens is 742 g/mol. The quantitative estimate of drug-likeness (QED) is 0.152. The van der Waals surface area contributed by atoms with E-state index in [1.54, 1.807) is 38.0 Å². The molecule has 1 unspecified atom stereocenters. The molecule has 3 heteroatoms. The molecule has 1 nitrogen and oxygen atoms in total. The van der Waals surface area contributed by atoms with Crippen LogP contribution in [-0.4, -0.2) is 7.28 Å². The Morgan fingerprint density at radius 1 is 0.583 bits per heavy atom. The lowest BCUT2D eigenvalue weighted by molar-refractivity contribution is 0.332. The number of aryl methyl sites for hydroxylation is 2. The molecule has 1 aliphatic heterocycles. The number of hydrogen-bond donors (Lipinski definition) is 0. The fourth-order valence-electron chi connectivity index (χ4n) is 13.1. The highest BCUT2D eigenvalue weighted by molar-refractivity contribution is 7.28. The number of fused-ring (bicyclic) bond motifs is 13. The van der Waals surface area contributed by atoms with E-state index in [0.29, 0.717) is 10.8 Å². The van der Waals surface area contributed by atoms with Gasteiger partial charge < -0.3 is 4.90 Å². The van der Waals surface area contributed by atoms with E-state index >= 15 is 0 Å². The van der Waals surface area contributed by atoms with Gasteiger partial charge in [-0.05, 0) is 211 Å². The van der Waals surface area contributed by atoms with Crippen LogP contribution in [0.4, 0.5) is 17.1 Å². The Balaban J connectivity index is 1.29. The molecule has 4 aromatic carbocycles. The summed E-state index contributed by atoms with van der Waals surface area (Å²) >= 11 is 2.13. The Morgan fingerprint density at radius 2 is 1.17 bits per heavy atom. The van der Waals surface area contributed by atoms with E-state index in [-0.39, 0.29) is 27.1 Å². The largest absolute Gasteiger partial charge is 0.311 e. The first-order valence-corrected chi connectivity index (χ1v) is 24.6. The molecule has 1 aromatic heterocycles. The average Bonchev–Trinajstić information content (AvgIpc) is 3.75. The molecule has 314 valence electrons. The van der Waals surface area contributed by atoms with Crippen molar-refractivity contribution < 1.29 is 0 Å². The summed E-state index contributed by atoms with van der Waals surface area (Å²) < 4.78 is 3.12. The van der Waals surface area contributed by atoms with Gasteiger partial charge in [-0.25, -0.2) is 0 Å². The normalized spacial score (nSPS) is 25.6. The zero-order valence-corrected chi connectivity index (χ0v) is 40.6. The van der Waals surface area contributed by atoms with Crippen molar-refractivity contribution in [2.45, 2.75) is 199 Å². The lowest BCUT2D eigenvalue weighted by Gasteiger charge is -2.44. The summed E-state index contributed by atoms with van der Waals surface area (Å²) in [5, 5.41) is 1.56. The highest BCUT2D eigenvalue weighted by atomic mass is 32.1. The van der Waals surface area contributed by atoms with Crippen LogP contribution in [0.25, 0.3) is 10.1 Å². The number of anilines is 3. The maximum Gasteiger partial charge on any atom is 0.208 e. The van der Waals surface area contributed by atoms with Crippen molar-refractivity contribution in [3.63, 3.8) is 0 Å². The summed E-state index contributed by atoms with van der Waals surface area (Å²) in [5.41, 5.74) is 22.3. The predicted octanol–water partition coefficient (Wildman–Crippen LogP) is 14.3. The topological polar surface area (TPSA) is 3.24 Å². The summed E-state index contributed by atoms with van der Waals surface area (Å²) in [6.07, 6.45) is 12.2. The molecule has 2 heterocycles. The molecule has 1 saturated carbocycles. The Labute approximate surface area is 368 Å². The molecule has 2 atom stereocenters. The van der Waals surface area contributed by atoms with Crippen LogP contribution in [0, 0.1) is 6.92 Å². The maximum atomic E-state index is 2.77. The van der Waals surface area contributed by atoms with E-state index in [1.165, 1.54) is 106 Å². The first-order chi connectivity index (χ1) is 27.9. The van der Waals surface area contributed by atoms with Crippen LogP contribution in [-0.2, 0) is 50.7 Å². The van der Waals surface area contributed by atoms with Crippen LogP contribution >= 0.6 is 11.3 Å². The number of rotatable bonds is 1. The SMILES string of the molecule is Cc1c2cc(C(C)(C)C)cc1N(c1ccc3c(c1)C(C)(C)CCC3(C)C)c1cc3c(cc1Bc1sc4cc5c(cc4c1CCC2)C1(C)CC[C@]5(C)C1)C(C)(C)CCC3(C)C. The molecule has 0 radical (unpaired) electrons. The van der Waals surface area contributed by atoms with Gasteiger partial charge in [0.15, 0.2) is 0 Å². The zero-order chi connectivity index (χ0) is 42.7. The molecule has 4 aliphatic carbocycles. The smallest absolute Gasteiger partial charge is 0.208 e. The molecule has 5 aliphatic rings. The van der Waals surface area contributed by atoms with Crippen molar-refractivity contribution in [3.8, 4) is 0 Å². The number of benzene rings is 4. The molecule has 5 aromatic rings. The first kappa shape index (κ1) is 40.8. The minimum Gasteiger partial charge on any atom is -0.311 e. The molecule has 60 heavy (non-hydrogen) atoms. The fourth-order valence-corrected chi connectivity index (χ4v) is 14.4. The van der Waals surface area contributed by atoms with Crippen molar-refractivity contribution >= 4 is 56.0 Å². The summed E-state index contributed by atoms with van der Waals surface area (Å²) in [4.78, 5) is 2.77. The molecule has 4 bridgehead atoms. The summed E-state index contributed by atoms with van der Waals surface area (Å²) in [6, 6.07) is 23.6. The Morgan fingerprint density at radius 3 is 1.80 bits per heavy atom. The number of nitrogens with zero attached hydrogens (tertiary/aromatic N) is 1. The van der Waals surface area contributed by atoms with Crippen LogP contribution in [0.3, 0.4) is 0 Å². The third-order valence-electron chi connectivity index (χ3n) is 17.5. The van der Waals surface area contributed by atoms with E-state index < -0.39 is 0 Å². The van der Waals surface area contributed by atoms with E-state index in [4.69, 9.17) is 0 Å². The van der Waals surface area contributed by atoms with E-state index in [1.807, 2.05) is 0 Å². The molecule has 0 amide bonds. The van der Waals surface area contributed by atoms with Gasteiger partial charge >= 0.3 is 0 Å². The third kappa shape index (κ3) is 6.11. The molecule has 1 fully saturated rings. The van der Waals surface area contributed by atoms with Gasteiger partial charge in [0.05, 0.1) is 0 Å². The molecular formula is C57H72BNS. The fraction of sp³-hybridized carbons (Fsp3) is 0.544. The molecule has 10 rings (SSSR count). The van der Waals surface area contributed by atoms with E-state index in [0.717, 1.165) is 20.1 Å². The lowest BCUT2D eigenvalue weighted by Crippen LogP contribution is -2.39. The molecule has 0 N–H and O–H groups in total. The van der Waals surface area contributed by atoms with Gasteiger partial charge in [-0.15, -0.1) is 11.3 Å².